The van der Waals surface area contributed by atoms with Gasteiger partial charge < -0.3 is 4.84 Å². The topological polar surface area (TPSA) is 98.6 Å². The van der Waals surface area contributed by atoms with Crippen molar-refractivity contribution in [2.45, 2.75) is 38.6 Å². The van der Waals surface area contributed by atoms with Crippen LogP contribution in [-0.2, 0) is 9.63 Å². The van der Waals surface area contributed by atoms with Crippen LogP contribution in [0.1, 0.15) is 32.6 Å². The molecule has 0 saturated heterocycles. The van der Waals surface area contributed by atoms with E-state index in [0.29, 0.717) is 0 Å². The first-order chi connectivity index (χ1) is 7.06. The molecule has 1 aliphatic carbocycles. The molecule has 1 aliphatic rings. The highest BCUT2D eigenvalue weighted by Gasteiger charge is 2.29. The number of carbonyl (C=O) groups is 2. The van der Waals surface area contributed by atoms with Crippen LogP contribution in [0.5, 0.6) is 0 Å². The molecule has 0 atom stereocenters. The number of rotatable bonds is 2. The first kappa shape index (κ1) is 11.9. The fraction of sp³-hybridized carbons (Fsp3) is 0.778. The summed E-state index contributed by atoms with van der Waals surface area (Å²) in [5.74, 6) is 10.6. The Morgan fingerprint density at radius 2 is 1.80 bits per heavy atom. The quantitative estimate of drug-likeness (QED) is 0.392. The monoisotopic (exact) mass is 215 g/mol. The van der Waals surface area contributed by atoms with Crippen molar-refractivity contribution >= 4 is 11.9 Å². The lowest BCUT2D eigenvalue weighted by molar-refractivity contribution is -0.121. The molecule has 0 unspecified atom stereocenters. The van der Waals surface area contributed by atoms with E-state index in [-0.39, 0.29) is 17.7 Å². The average molecular weight is 215 g/mol. The van der Waals surface area contributed by atoms with Gasteiger partial charge in [-0.05, 0) is 32.6 Å². The Hall–Kier alpha value is -1.14. The second kappa shape index (κ2) is 5.09. The molecule has 4 N–H and O–H groups in total. The second-order valence-electron chi connectivity index (χ2n) is 3.91. The SMILES string of the molecule is CC(=O)C1CCC(N(N)C(=O)ON)CC1. The summed E-state index contributed by atoms with van der Waals surface area (Å²) in [7, 11) is 0. The summed E-state index contributed by atoms with van der Waals surface area (Å²) in [6.45, 7) is 1.60. The predicted octanol–water partition coefficient (Wildman–Crippen LogP) is 0.320. The van der Waals surface area contributed by atoms with E-state index < -0.39 is 6.09 Å². The van der Waals surface area contributed by atoms with E-state index in [1.165, 1.54) is 0 Å². The lowest BCUT2D eigenvalue weighted by atomic mass is 9.84. The molecule has 1 saturated carbocycles. The molecule has 15 heavy (non-hydrogen) atoms. The number of hydrogen-bond acceptors (Lipinski definition) is 5. The minimum atomic E-state index is -0.735. The zero-order chi connectivity index (χ0) is 11.4. The van der Waals surface area contributed by atoms with Crippen LogP contribution in [0.3, 0.4) is 0 Å². The third-order valence-electron chi connectivity index (χ3n) is 2.98. The maximum absolute atomic E-state index is 11.1. The molecular weight excluding hydrogens is 198 g/mol. The minimum Gasteiger partial charge on any atom is -0.356 e. The van der Waals surface area contributed by atoms with Crippen molar-refractivity contribution in [3.05, 3.63) is 0 Å². The normalized spacial score (nSPS) is 25.8. The van der Waals surface area contributed by atoms with Crippen LogP contribution in [0.2, 0.25) is 0 Å². The summed E-state index contributed by atoms with van der Waals surface area (Å²) in [6.07, 6.45) is 2.24. The molecule has 0 bridgehead atoms. The lowest BCUT2D eigenvalue weighted by Crippen LogP contribution is -2.48. The van der Waals surface area contributed by atoms with Crippen LogP contribution in [0.15, 0.2) is 0 Å². The molecule has 6 nitrogen and oxygen atoms in total. The van der Waals surface area contributed by atoms with Gasteiger partial charge in [0.25, 0.3) is 0 Å². The van der Waals surface area contributed by atoms with Gasteiger partial charge in [-0.15, -0.1) is 0 Å². The Bertz CT molecular complexity index is 249. The zero-order valence-electron chi connectivity index (χ0n) is 8.81. The van der Waals surface area contributed by atoms with E-state index in [9.17, 15) is 9.59 Å². The Balaban J connectivity index is 2.43. The fourth-order valence-electron chi connectivity index (χ4n) is 1.97. The molecule has 1 amide bonds. The maximum Gasteiger partial charge on any atom is 0.443 e. The van der Waals surface area contributed by atoms with Crippen LogP contribution < -0.4 is 11.7 Å². The van der Waals surface area contributed by atoms with Crippen molar-refractivity contribution in [2.24, 2.45) is 17.7 Å². The largest absolute Gasteiger partial charge is 0.443 e. The Labute approximate surface area is 88.5 Å². The molecule has 0 spiro atoms. The number of amides is 1. The number of hydrogen-bond donors (Lipinski definition) is 2. The smallest absolute Gasteiger partial charge is 0.356 e. The molecule has 0 aromatic rings. The zero-order valence-corrected chi connectivity index (χ0v) is 8.81. The van der Waals surface area contributed by atoms with Crippen molar-refractivity contribution in [1.29, 1.82) is 0 Å². The Morgan fingerprint density at radius 3 is 2.20 bits per heavy atom. The molecule has 1 fully saturated rings. The van der Waals surface area contributed by atoms with Crippen LogP contribution in [0.25, 0.3) is 0 Å². The first-order valence-electron chi connectivity index (χ1n) is 5.01. The Morgan fingerprint density at radius 1 is 1.27 bits per heavy atom. The molecule has 0 heterocycles. The van der Waals surface area contributed by atoms with Crippen LogP contribution in [0, 0.1) is 5.92 Å². The van der Waals surface area contributed by atoms with Crippen molar-refractivity contribution in [2.75, 3.05) is 0 Å². The standard InChI is InChI=1S/C9H17N3O3/c1-6(13)7-2-4-8(5-3-7)12(10)9(14)15-11/h7-8H,2-5,10-11H2,1H3. The molecule has 1 rings (SSSR count). The number of hydrazine groups is 1. The van der Waals surface area contributed by atoms with Gasteiger partial charge in [-0.3, -0.25) is 4.79 Å². The van der Waals surface area contributed by atoms with Gasteiger partial charge in [-0.2, -0.15) is 5.90 Å². The lowest BCUT2D eigenvalue weighted by Gasteiger charge is -2.31. The van der Waals surface area contributed by atoms with Gasteiger partial charge in [0.2, 0.25) is 0 Å². The maximum atomic E-state index is 11.1. The molecule has 6 heteroatoms. The summed E-state index contributed by atoms with van der Waals surface area (Å²) >= 11 is 0. The van der Waals surface area contributed by atoms with E-state index in [1.54, 1.807) is 6.92 Å². The summed E-state index contributed by atoms with van der Waals surface area (Å²) in [5.41, 5.74) is 0. The molecule has 0 radical (unpaired) electrons. The third-order valence-corrected chi connectivity index (χ3v) is 2.98. The van der Waals surface area contributed by atoms with Gasteiger partial charge in [-0.1, -0.05) is 0 Å². The van der Waals surface area contributed by atoms with Gasteiger partial charge >= 0.3 is 6.09 Å². The molecule has 0 aromatic carbocycles. The van der Waals surface area contributed by atoms with Gasteiger partial charge in [0, 0.05) is 5.92 Å². The summed E-state index contributed by atoms with van der Waals surface area (Å²) < 4.78 is 0. The number of nitrogens with two attached hydrogens (primary N) is 2. The summed E-state index contributed by atoms with van der Waals surface area (Å²) in [4.78, 5) is 26.2. The predicted molar refractivity (Wildman–Crippen MR) is 53.1 cm³/mol. The van der Waals surface area contributed by atoms with Gasteiger partial charge in [-0.25, -0.2) is 15.6 Å². The summed E-state index contributed by atoms with van der Waals surface area (Å²) in [6, 6.07) is -0.0725. The van der Waals surface area contributed by atoms with E-state index in [1.807, 2.05) is 0 Å². The van der Waals surface area contributed by atoms with Crippen LogP contribution >= 0.6 is 0 Å². The van der Waals surface area contributed by atoms with E-state index >= 15 is 0 Å². The highest BCUT2D eigenvalue weighted by atomic mass is 16.7. The van der Waals surface area contributed by atoms with E-state index in [2.05, 4.69) is 4.84 Å². The van der Waals surface area contributed by atoms with Gasteiger partial charge in [0.15, 0.2) is 0 Å². The highest BCUT2D eigenvalue weighted by Crippen LogP contribution is 2.27. The third kappa shape index (κ3) is 2.90. The van der Waals surface area contributed by atoms with E-state index in [0.717, 1.165) is 30.7 Å². The first-order valence-corrected chi connectivity index (χ1v) is 5.01. The molecule has 86 valence electrons. The number of Topliss-reactive ketones (excluding diaryl/α,β-unsaturated/α-hetero) is 1. The number of carbonyl (C=O) groups excluding carboxylic acids is 2. The van der Waals surface area contributed by atoms with Crippen molar-refractivity contribution in [3.63, 3.8) is 0 Å². The second-order valence-corrected chi connectivity index (χ2v) is 3.91. The highest BCUT2D eigenvalue weighted by molar-refractivity contribution is 5.78. The van der Waals surface area contributed by atoms with Crippen molar-refractivity contribution in [3.8, 4) is 0 Å². The molecular formula is C9H17N3O3. The van der Waals surface area contributed by atoms with Crippen molar-refractivity contribution < 1.29 is 14.4 Å². The fourth-order valence-corrected chi connectivity index (χ4v) is 1.97. The van der Waals surface area contributed by atoms with Crippen molar-refractivity contribution in [1.82, 2.24) is 5.01 Å². The number of nitrogens with zero attached hydrogens (tertiary/aromatic N) is 1. The van der Waals surface area contributed by atoms with Gasteiger partial charge in [0.05, 0.1) is 6.04 Å². The molecule has 0 aromatic heterocycles. The summed E-state index contributed by atoms with van der Waals surface area (Å²) in [5, 5.41) is 1.01. The van der Waals surface area contributed by atoms with E-state index in [4.69, 9.17) is 11.7 Å². The minimum absolute atomic E-state index is 0.0725. The van der Waals surface area contributed by atoms with Crippen LogP contribution in [-0.4, -0.2) is 22.9 Å². The average Bonchev–Trinajstić information content (AvgIpc) is 2.27. The van der Waals surface area contributed by atoms with Crippen LogP contribution in [0.4, 0.5) is 4.79 Å². The Kier molecular flexibility index (Phi) is 4.05. The number of ketones is 1. The molecule has 0 aliphatic heterocycles. The van der Waals surface area contributed by atoms with Gasteiger partial charge in [0.1, 0.15) is 5.78 Å².